The number of amides is 2. The lowest BCUT2D eigenvalue weighted by molar-refractivity contribution is -0.156. The highest BCUT2D eigenvalue weighted by molar-refractivity contribution is 6.04. The molecule has 4 aromatic rings. The molecular formula is C33H38N6O5. The number of carbonyl (C=O) groups excluding carboxylic acids is 3. The summed E-state index contributed by atoms with van der Waals surface area (Å²) < 4.78 is 10.5. The van der Waals surface area contributed by atoms with Crippen molar-refractivity contribution in [2.24, 2.45) is 0 Å². The van der Waals surface area contributed by atoms with Crippen molar-refractivity contribution in [1.29, 1.82) is 0 Å². The number of hydrogen-bond acceptors (Lipinski definition) is 8. The zero-order valence-electron chi connectivity index (χ0n) is 25.4. The van der Waals surface area contributed by atoms with E-state index in [9.17, 15) is 14.4 Å². The van der Waals surface area contributed by atoms with Crippen LogP contribution in [0.3, 0.4) is 0 Å². The summed E-state index contributed by atoms with van der Waals surface area (Å²) in [5.41, 5.74) is 4.19. The van der Waals surface area contributed by atoms with Gasteiger partial charge < -0.3 is 34.9 Å². The fourth-order valence-corrected chi connectivity index (χ4v) is 4.85. The van der Waals surface area contributed by atoms with Crippen LogP contribution in [0.1, 0.15) is 43.6 Å². The van der Waals surface area contributed by atoms with Crippen molar-refractivity contribution >= 4 is 46.3 Å². The van der Waals surface area contributed by atoms with Gasteiger partial charge in [-0.25, -0.2) is 14.6 Å². The molecule has 0 saturated carbocycles. The Morgan fingerprint density at radius 2 is 1.64 bits per heavy atom. The molecule has 0 radical (unpaired) electrons. The van der Waals surface area contributed by atoms with Crippen LogP contribution in [-0.2, 0) is 20.9 Å². The molecule has 0 unspecified atom stereocenters. The number of alkyl carbamates (subject to hydrolysis) is 1. The summed E-state index contributed by atoms with van der Waals surface area (Å²) in [7, 11) is 0. The summed E-state index contributed by atoms with van der Waals surface area (Å²) >= 11 is 0. The van der Waals surface area contributed by atoms with Crippen LogP contribution in [-0.4, -0.2) is 65.8 Å². The van der Waals surface area contributed by atoms with Crippen molar-refractivity contribution in [1.82, 2.24) is 15.3 Å². The Bertz CT molecular complexity index is 1590. The maximum absolute atomic E-state index is 13.0. The van der Waals surface area contributed by atoms with Crippen LogP contribution in [0.2, 0.25) is 0 Å². The number of carbonyl (C=O) groups is 3. The number of ether oxygens (including phenoxy) is 2. The molecular weight excluding hydrogens is 560 g/mol. The number of benzene rings is 3. The summed E-state index contributed by atoms with van der Waals surface area (Å²) in [6.45, 7) is 10.1. The fourth-order valence-electron chi connectivity index (χ4n) is 4.85. The number of fused-ring (bicyclic) bond motifs is 1. The number of piperazine rings is 1. The molecule has 1 atom stereocenters. The van der Waals surface area contributed by atoms with Crippen molar-refractivity contribution < 1.29 is 23.9 Å². The van der Waals surface area contributed by atoms with Crippen LogP contribution < -0.4 is 20.4 Å². The van der Waals surface area contributed by atoms with Gasteiger partial charge in [-0.1, -0.05) is 24.3 Å². The number of hydrogen-bond donors (Lipinski definition) is 3. The smallest absolute Gasteiger partial charge is 0.408 e. The van der Waals surface area contributed by atoms with Gasteiger partial charge in [0.05, 0.1) is 11.0 Å². The van der Waals surface area contributed by atoms with E-state index < -0.39 is 23.7 Å². The van der Waals surface area contributed by atoms with Gasteiger partial charge in [0.25, 0.3) is 5.91 Å². The van der Waals surface area contributed by atoms with Crippen LogP contribution >= 0.6 is 0 Å². The third-order valence-electron chi connectivity index (χ3n) is 7.10. The second-order valence-corrected chi connectivity index (χ2v) is 11.7. The summed E-state index contributed by atoms with van der Waals surface area (Å²) in [5, 5.41) is 5.37. The molecule has 2 amide bonds. The molecule has 1 aliphatic rings. The number of aromatic nitrogens is 2. The minimum absolute atomic E-state index is 0.0329. The van der Waals surface area contributed by atoms with E-state index in [1.165, 1.54) is 6.92 Å². The highest BCUT2D eigenvalue weighted by atomic mass is 16.6. The summed E-state index contributed by atoms with van der Waals surface area (Å²) in [5.74, 6) is 0.103. The van der Waals surface area contributed by atoms with Crippen molar-refractivity contribution in [3.63, 3.8) is 0 Å². The molecule has 3 aromatic carbocycles. The number of para-hydroxylation sites is 2. The first-order chi connectivity index (χ1) is 21.0. The van der Waals surface area contributed by atoms with Gasteiger partial charge in [0, 0.05) is 43.1 Å². The van der Waals surface area contributed by atoms with Gasteiger partial charge >= 0.3 is 12.1 Å². The lowest BCUT2D eigenvalue weighted by atomic mass is 10.1. The predicted molar refractivity (Wildman–Crippen MR) is 170 cm³/mol. The molecule has 1 saturated heterocycles. The molecule has 3 N–H and O–H groups in total. The highest BCUT2D eigenvalue weighted by Gasteiger charge is 2.24. The third kappa shape index (κ3) is 7.85. The normalized spacial score (nSPS) is 14.2. The monoisotopic (exact) mass is 598 g/mol. The number of aromatic amines is 1. The first-order valence-electron chi connectivity index (χ1n) is 14.7. The molecule has 5 rings (SSSR count). The van der Waals surface area contributed by atoms with Gasteiger partial charge in [-0.3, -0.25) is 4.79 Å². The lowest BCUT2D eigenvalue weighted by Crippen LogP contribution is -2.47. The summed E-state index contributed by atoms with van der Waals surface area (Å²) in [4.78, 5) is 49.9. The maximum Gasteiger partial charge on any atom is 0.408 e. The van der Waals surface area contributed by atoms with E-state index in [-0.39, 0.29) is 12.5 Å². The zero-order valence-corrected chi connectivity index (χ0v) is 25.4. The zero-order chi connectivity index (χ0) is 31.3. The molecule has 44 heavy (non-hydrogen) atoms. The maximum atomic E-state index is 13.0. The Hall–Kier alpha value is -5.06. The Kier molecular flexibility index (Phi) is 9.03. The van der Waals surface area contributed by atoms with Gasteiger partial charge in [0.1, 0.15) is 18.2 Å². The number of anilines is 3. The second-order valence-electron chi connectivity index (χ2n) is 11.7. The van der Waals surface area contributed by atoms with E-state index >= 15 is 0 Å². The van der Waals surface area contributed by atoms with Crippen LogP contribution in [0.25, 0.3) is 11.0 Å². The molecule has 1 aliphatic heterocycles. The van der Waals surface area contributed by atoms with Crippen molar-refractivity contribution in [3.8, 4) is 0 Å². The first kappa shape index (κ1) is 30.4. The van der Waals surface area contributed by atoms with Crippen LogP contribution in [0.15, 0.2) is 72.8 Å². The van der Waals surface area contributed by atoms with E-state index in [1.807, 2.05) is 48.5 Å². The third-order valence-corrected chi connectivity index (χ3v) is 7.10. The summed E-state index contributed by atoms with van der Waals surface area (Å²) in [6.07, 6.45) is -0.742. The fraction of sp³-hybridized carbons (Fsp3) is 0.333. The van der Waals surface area contributed by atoms with Crippen molar-refractivity contribution in [2.45, 2.75) is 45.9 Å². The molecule has 11 heteroatoms. The van der Waals surface area contributed by atoms with E-state index in [0.717, 1.165) is 48.8 Å². The van der Waals surface area contributed by atoms with E-state index in [4.69, 9.17) is 14.5 Å². The number of imidazole rings is 1. The van der Waals surface area contributed by atoms with Crippen molar-refractivity contribution in [3.05, 3.63) is 83.9 Å². The number of nitrogens with one attached hydrogen (secondary N) is 3. The van der Waals surface area contributed by atoms with Gasteiger partial charge in [0.2, 0.25) is 5.95 Å². The average Bonchev–Trinajstić information content (AvgIpc) is 3.44. The molecule has 0 bridgehead atoms. The number of nitrogens with zero attached hydrogens (tertiary/aromatic N) is 3. The minimum Gasteiger partial charge on any atom is -0.458 e. The SMILES string of the molecule is C[C@H](NC(=O)OCc1cccc(NC(=O)c2ccc(N3CCN(c4nc5ccccc5[nH]4)CC3)cc2)c1)C(=O)OC(C)(C)C. The van der Waals surface area contributed by atoms with Gasteiger partial charge in [-0.2, -0.15) is 0 Å². The number of H-pyrrole nitrogens is 1. The Morgan fingerprint density at radius 3 is 2.34 bits per heavy atom. The van der Waals surface area contributed by atoms with Crippen molar-refractivity contribution in [2.75, 3.05) is 41.3 Å². The van der Waals surface area contributed by atoms with Crippen LogP contribution in [0, 0.1) is 0 Å². The minimum atomic E-state index is -0.856. The lowest BCUT2D eigenvalue weighted by Gasteiger charge is -2.36. The van der Waals surface area contributed by atoms with E-state index in [0.29, 0.717) is 16.8 Å². The molecule has 0 aliphatic carbocycles. The molecule has 1 fully saturated rings. The Balaban J connectivity index is 1.09. The van der Waals surface area contributed by atoms with Gasteiger partial charge in [-0.15, -0.1) is 0 Å². The molecule has 2 heterocycles. The Morgan fingerprint density at radius 1 is 0.932 bits per heavy atom. The standard InChI is InChI=1S/C33H38N6O5/c1-22(30(41)44-33(2,3)4)34-32(42)43-21-23-8-7-9-25(20-23)35-29(40)24-12-14-26(15-13-24)38-16-18-39(19-17-38)31-36-27-10-5-6-11-28(27)37-31/h5-15,20,22H,16-19,21H2,1-4H3,(H,34,42)(H,35,40)(H,36,37)/t22-/m0/s1. The van der Waals surface area contributed by atoms with Crippen LogP contribution in [0.5, 0.6) is 0 Å². The quantitative estimate of drug-likeness (QED) is 0.239. The van der Waals surface area contributed by atoms with Crippen LogP contribution in [0.4, 0.5) is 22.1 Å². The molecule has 230 valence electrons. The highest BCUT2D eigenvalue weighted by Crippen LogP contribution is 2.22. The summed E-state index contributed by atoms with van der Waals surface area (Å²) in [6, 6.07) is 21.8. The molecule has 0 spiro atoms. The van der Waals surface area contributed by atoms with E-state index in [1.54, 1.807) is 45.0 Å². The Labute approximate surface area is 256 Å². The number of rotatable bonds is 8. The average molecular weight is 599 g/mol. The molecule has 1 aromatic heterocycles. The second kappa shape index (κ2) is 13.1. The number of esters is 1. The predicted octanol–water partition coefficient (Wildman–Crippen LogP) is 5.10. The van der Waals surface area contributed by atoms with Gasteiger partial charge in [-0.05, 0) is 81.8 Å². The largest absolute Gasteiger partial charge is 0.458 e. The van der Waals surface area contributed by atoms with Gasteiger partial charge in [0.15, 0.2) is 0 Å². The topological polar surface area (TPSA) is 129 Å². The first-order valence-corrected chi connectivity index (χ1v) is 14.7. The van der Waals surface area contributed by atoms with E-state index in [2.05, 4.69) is 25.4 Å². The molecule has 11 nitrogen and oxygen atoms in total.